The highest BCUT2D eigenvalue weighted by Gasteiger charge is 2.44. The van der Waals surface area contributed by atoms with E-state index in [1.54, 1.807) is 18.6 Å². The molecule has 2 N–H and O–H groups in total. The summed E-state index contributed by atoms with van der Waals surface area (Å²) in [4.78, 5) is 19.3. The van der Waals surface area contributed by atoms with Gasteiger partial charge in [0.15, 0.2) is 0 Å². The number of carbonyl (C=O) groups is 1. The molecule has 0 bridgehead atoms. The molecule has 4 aliphatic rings. The van der Waals surface area contributed by atoms with E-state index in [0.717, 1.165) is 66.9 Å². The highest BCUT2D eigenvalue weighted by atomic mass is 35.5. The summed E-state index contributed by atoms with van der Waals surface area (Å²) in [6.45, 7) is 5.88. The number of nitrogens with one attached hydrogen (secondary N) is 2. The lowest BCUT2D eigenvalue weighted by Gasteiger charge is -2.26. The second kappa shape index (κ2) is 17.3. The largest absolute Gasteiger partial charge is 0.344 e. The third-order valence-electron chi connectivity index (χ3n) is 10.8. The normalized spacial score (nSPS) is 25.2. The van der Waals surface area contributed by atoms with Crippen LogP contribution in [0, 0.1) is 23.7 Å². The molecule has 2 aromatic heterocycles. The van der Waals surface area contributed by atoms with Crippen molar-refractivity contribution in [2.75, 3.05) is 40.3 Å². The number of halogens is 4. The van der Waals surface area contributed by atoms with Gasteiger partial charge in [-0.05, 0) is 99.8 Å². The minimum Gasteiger partial charge on any atom is -0.322 e. The molecule has 2 aromatic carbocycles. The number of likely N-dealkylation sites (tertiary alicyclic amines) is 1. The van der Waals surface area contributed by atoms with Gasteiger partial charge in [-0.15, -0.1) is 0 Å². The number of amides is 1. The van der Waals surface area contributed by atoms with Crippen molar-refractivity contribution in [2.45, 2.75) is 50.9 Å². The summed E-state index contributed by atoms with van der Waals surface area (Å²) >= 11 is 23.8. The molecule has 2 aliphatic heterocycles. The lowest BCUT2D eigenvalue weighted by Crippen LogP contribution is -2.36. The van der Waals surface area contributed by atoms with Crippen LogP contribution < -0.4 is 5.32 Å². The standard InChI is InChI=1S/C19H22Cl2N4O.C15H21ClN2.C3H3ClN2/c1-23(9-13-4-2-3-5-18(13)21)17-6-14-10-24(11-15(14)7-17)19(26)25-12-16(20)8-22-25;1-18(10-11-4-2-3-5-15(11)16)14-6-12-8-17-9-13(12)7-14;4-3-1-5-6-2-3/h2-5,8,12,14-15,17H,6-7,9-11H2,1H3;2-5,12-14,17H,6-10H2,1H3;1-2H,(H,5,6)/t14-,15+,17?;12-,13+,14?;. The van der Waals surface area contributed by atoms with Crippen molar-refractivity contribution in [3.63, 3.8) is 0 Å². The fourth-order valence-corrected chi connectivity index (χ4v) is 8.74. The Labute approximate surface area is 315 Å². The molecule has 4 heterocycles. The Balaban J connectivity index is 0.000000155. The average molecular weight is 761 g/mol. The fourth-order valence-electron chi connectivity index (χ4n) is 8.11. The Hall–Kier alpha value is -2.63. The number of aromatic nitrogens is 4. The molecule has 0 radical (unpaired) electrons. The third kappa shape index (κ3) is 9.42. The maximum absolute atomic E-state index is 12.5. The molecule has 4 fully saturated rings. The molecular formula is C37H46Cl4N8O. The molecule has 2 saturated carbocycles. The van der Waals surface area contributed by atoms with E-state index in [2.05, 4.69) is 62.7 Å². The number of nitrogens with zero attached hydrogens (tertiary/aromatic N) is 6. The minimum absolute atomic E-state index is 0.0766. The van der Waals surface area contributed by atoms with Gasteiger partial charge in [0.2, 0.25) is 0 Å². The van der Waals surface area contributed by atoms with Crippen LogP contribution in [0.2, 0.25) is 20.1 Å². The molecule has 2 unspecified atom stereocenters. The first kappa shape index (κ1) is 37.1. The Morgan fingerprint density at radius 2 is 1.28 bits per heavy atom. The van der Waals surface area contributed by atoms with Crippen LogP contribution in [0.5, 0.6) is 0 Å². The number of fused-ring (bicyclic) bond motifs is 2. The summed E-state index contributed by atoms with van der Waals surface area (Å²) in [5, 5.41) is 16.5. The van der Waals surface area contributed by atoms with Gasteiger partial charge in [-0.2, -0.15) is 14.9 Å². The van der Waals surface area contributed by atoms with Crippen molar-refractivity contribution in [2.24, 2.45) is 23.7 Å². The van der Waals surface area contributed by atoms with Gasteiger partial charge in [0.05, 0.1) is 28.6 Å². The second-order valence-electron chi connectivity index (χ2n) is 14.2. The maximum atomic E-state index is 12.5. The topological polar surface area (TPSA) is 85.3 Å². The molecule has 2 aliphatic carbocycles. The van der Waals surface area contributed by atoms with Crippen LogP contribution in [0.25, 0.3) is 0 Å². The van der Waals surface area contributed by atoms with Crippen molar-refractivity contribution >= 4 is 52.4 Å². The molecule has 50 heavy (non-hydrogen) atoms. The summed E-state index contributed by atoms with van der Waals surface area (Å²) in [5.74, 6) is 2.93. The molecule has 2 saturated heterocycles. The van der Waals surface area contributed by atoms with E-state index < -0.39 is 0 Å². The first-order valence-electron chi connectivity index (χ1n) is 17.4. The van der Waals surface area contributed by atoms with Crippen molar-refractivity contribution in [1.29, 1.82) is 0 Å². The van der Waals surface area contributed by atoms with Crippen molar-refractivity contribution in [3.8, 4) is 0 Å². The second-order valence-corrected chi connectivity index (χ2v) is 15.9. The zero-order valence-corrected chi connectivity index (χ0v) is 31.6. The Morgan fingerprint density at radius 1 is 0.760 bits per heavy atom. The van der Waals surface area contributed by atoms with Gasteiger partial charge in [-0.3, -0.25) is 14.9 Å². The van der Waals surface area contributed by atoms with Crippen LogP contribution in [-0.4, -0.2) is 93.1 Å². The maximum Gasteiger partial charge on any atom is 0.344 e. The van der Waals surface area contributed by atoms with Gasteiger partial charge < -0.3 is 10.2 Å². The number of aromatic amines is 1. The summed E-state index contributed by atoms with van der Waals surface area (Å²) in [6.07, 6.45) is 11.2. The van der Waals surface area contributed by atoms with Crippen LogP contribution in [0.1, 0.15) is 36.8 Å². The van der Waals surface area contributed by atoms with Gasteiger partial charge in [0.1, 0.15) is 0 Å². The molecule has 13 heteroatoms. The SMILES string of the molecule is CN(Cc1ccccc1Cl)C1C[C@@H]2CN(C(=O)n3cc(Cl)cn3)C[C@@H]2C1.CN(Cc1ccccc1Cl)C1C[C@H]2CNC[C@H]2C1.Clc1cn[nH]c1. The highest BCUT2D eigenvalue weighted by molar-refractivity contribution is 6.31. The predicted octanol–water partition coefficient (Wildman–Crippen LogP) is 7.83. The zero-order chi connectivity index (χ0) is 35.2. The van der Waals surface area contributed by atoms with E-state index in [0.29, 0.717) is 27.9 Å². The van der Waals surface area contributed by atoms with Gasteiger partial charge in [-0.1, -0.05) is 82.8 Å². The Bertz CT molecular complexity index is 1660. The number of benzene rings is 2. The van der Waals surface area contributed by atoms with Crippen LogP contribution in [-0.2, 0) is 13.1 Å². The molecular weight excluding hydrogens is 714 g/mol. The van der Waals surface area contributed by atoms with Crippen LogP contribution in [0.3, 0.4) is 0 Å². The lowest BCUT2D eigenvalue weighted by atomic mass is 10.0. The van der Waals surface area contributed by atoms with Crippen LogP contribution >= 0.6 is 46.4 Å². The number of hydrogen-bond acceptors (Lipinski definition) is 6. The van der Waals surface area contributed by atoms with Gasteiger partial charge >= 0.3 is 6.03 Å². The van der Waals surface area contributed by atoms with Crippen LogP contribution in [0.4, 0.5) is 4.79 Å². The fraction of sp³-hybridized carbons (Fsp3) is 0.486. The average Bonchev–Trinajstić information content (AvgIpc) is 3.94. The molecule has 4 aromatic rings. The minimum atomic E-state index is -0.0766. The molecule has 1 amide bonds. The van der Waals surface area contributed by atoms with E-state index in [1.807, 2.05) is 35.2 Å². The predicted molar refractivity (Wildman–Crippen MR) is 202 cm³/mol. The molecule has 9 nitrogen and oxygen atoms in total. The Morgan fingerprint density at radius 3 is 1.70 bits per heavy atom. The molecule has 0 spiro atoms. The van der Waals surface area contributed by atoms with Crippen LogP contribution in [0.15, 0.2) is 73.3 Å². The monoisotopic (exact) mass is 758 g/mol. The van der Waals surface area contributed by atoms with Gasteiger partial charge in [0, 0.05) is 54.5 Å². The molecule has 268 valence electrons. The summed E-state index contributed by atoms with van der Waals surface area (Å²) in [5.41, 5.74) is 2.41. The molecule has 6 atom stereocenters. The van der Waals surface area contributed by atoms with E-state index >= 15 is 0 Å². The van der Waals surface area contributed by atoms with Gasteiger partial charge in [-0.25, -0.2) is 4.79 Å². The van der Waals surface area contributed by atoms with E-state index in [9.17, 15) is 4.79 Å². The molecule has 8 rings (SSSR count). The van der Waals surface area contributed by atoms with E-state index in [4.69, 9.17) is 46.4 Å². The smallest absolute Gasteiger partial charge is 0.322 e. The van der Waals surface area contributed by atoms with E-state index in [-0.39, 0.29) is 6.03 Å². The quantitative estimate of drug-likeness (QED) is 0.209. The van der Waals surface area contributed by atoms with Crippen molar-refractivity contribution in [3.05, 3.63) is 105 Å². The summed E-state index contributed by atoms with van der Waals surface area (Å²) < 4.78 is 1.34. The first-order valence-corrected chi connectivity index (χ1v) is 18.9. The highest BCUT2D eigenvalue weighted by Crippen LogP contribution is 2.41. The number of H-pyrrole nitrogens is 1. The van der Waals surface area contributed by atoms with Crippen molar-refractivity contribution in [1.82, 2.24) is 40.0 Å². The zero-order valence-electron chi connectivity index (χ0n) is 28.6. The Kier molecular flexibility index (Phi) is 12.8. The lowest BCUT2D eigenvalue weighted by molar-refractivity contribution is 0.192. The van der Waals surface area contributed by atoms with Crippen molar-refractivity contribution < 1.29 is 4.79 Å². The summed E-state index contributed by atoms with van der Waals surface area (Å²) in [6, 6.07) is 17.4. The number of rotatable bonds is 6. The number of carbonyl (C=O) groups excluding carboxylic acids is 1. The van der Waals surface area contributed by atoms with E-state index in [1.165, 1.54) is 47.9 Å². The van der Waals surface area contributed by atoms with Gasteiger partial charge in [0.25, 0.3) is 0 Å². The number of hydrogen-bond donors (Lipinski definition) is 2. The first-order chi connectivity index (χ1) is 24.1. The summed E-state index contributed by atoms with van der Waals surface area (Å²) in [7, 11) is 4.41. The third-order valence-corrected chi connectivity index (χ3v) is 12.0.